The summed E-state index contributed by atoms with van der Waals surface area (Å²) in [7, 11) is 4.19. The Kier molecular flexibility index (Phi) is 9.15. The average molecular weight is 490 g/mol. The van der Waals surface area contributed by atoms with E-state index in [2.05, 4.69) is 116 Å². The summed E-state index contributed by atoms with van der Waals surface area (Å²) in [4.78, 5) is 2.19. The summed E-state index contributed by atoms with van der Waals surface area (Å²) >= 11 is 0. The molecule has 0 bridgehead atoms. The molecule has 0 radical (unpaired) electrons. The third-order valence-corrected chi connectivity index (χ3v) is 7.20. The predicted molar refractivity (Wildman–Crippen MR) is 160 cm³/mol. The van der Waals surface area contributed by atoms with Crippen molar-refractivity contribution in [3.63, 3.8) is 0 Å². The van der Waals surface area contributed by atoms with Crippen LogP contribution in [0.5, 0.6) is 0 Å². The van der Waals surface area contributed by atoms with E-state index in [-0.39, 0.29) is 0 Å². The molecule has 0 saturated heterocycles. The van der Waals surface area contributed by atoms with Gasteiger partial charge in [0.25, 0.3) is 0 Å². The van der Waals surface area contributed by atoms with Crippen molar-refractivity contribution in [3.05, 3.63) is 127 Å². The summed E-state index contributed by atoms with van der Waals surface area (Å²) in [5.41, 5.74) is 8.29. The van der Waals surface area contributed by atoms with Crippen LogP contribution >= 0.6 is 0 Å². The minimum Gasteiger partial charge on any atom is -0.344 e. The van der Waals surface area contributed by atoms with Gasteiger partial charge in [-0.1, -0.05) is 111 Å². The Morgan fingerprint density at radius 2 is 1.54 bits per heavy atom. The molecule has 0 atom stereocenters. The van der Waals surface area contributed by atoms with E-state index in [4.69, 9.17) is 5.10 Å². The molecule has 3 aromatic carbocycles. The molecule has 1 aliphatic carbocycles. The molecule has 1 fully saturated rings. The zero-order valence-corrected chi connectivity index (χ0v) is 22.3. The van der Waals surface area contributed by atoms with E-state index in [1.165, 1.54) is 60.1 Å². The largest absolute Gasteiger partial charge is 0.344 e. The summed E-state index contributed by atoms with van der Waals surface area (Å²) in [5, 5.41) is 7.45. The van der Waals surface area contributed by atoms with Crippen molar-refractivity contribution < 1.29 is 0 Å². The maximum absolute atomic E-state index is 5.33. The molecule has 1 saturated carbocycles. The molecule has 0 N–H and O–H groups in total. The van der Waals surface area contributed by atoms with E-state index in [0.717, 1.165) is 17.9 Å². The Balaban J connectivity index is 1.72. The lowest BCUT2D eigenvalue weighted by Gasteiger charge is -2.29. The molecule has 0 heterocycles. The molecular formula is C34H39N3. The summed E-state index contributed by atoms with van der Waals surface area (Å²) in [6.07, 6.45) is 11.9. The Bertz CT molecular complexity index is 1250. The Hall–Kier alpha value is -3.85. The highest BCUT2D eigenvalue weighted by atomic mass is 15.4. The first-order chi connectivity index (χ1) is 18.1. The van der Waals surface area contributed by atoms with Crippen molar-refractivity contribution in [2.45, 2.75) is 38.6 Å². The second kappa shape index (κ2) is 12.9. The van der Waals surface area contributed by atoms with E-state index in [9.17, 15) is 0 Å². The van der Waals surface area contributed by atoms with E-state index < -0.39 is 0 Å². The molecule has 4 rings (SSSR count). The monoisotopic (exact) mass is 489 g/mol. The summed E-state index contributed by atoms with van der Waals surface area (Å²) in [5.74, 6) is 0.450. The second-order valence-corrected chi connectivity index (χ2v) is 9.77. The molecule has 0 aromatic heterocycles. The Labute approximate surface area is 223 Å². The number of para-hydroxylation sites is 1. The topological polar surface area (TPSA) is 18.8 Å². The molecule has 1 aliphatic rings. The summed E-state index contributed by atoms with van der Waals surface area (Å²) in [6.45, 7) is 8.65. The third kappa shape index (κ3) is 6.48. The van der Waals surface area contributed by atoms with Gasteiger partial charge in [0.15, 0.2) is 0 Å². The first-order valence-corrected chi connectivity index (χ1v) is 13.3. The normalized spacial score (nSPS) is 14.8. The number of rotatable bonds is 10. The van der Waals surface area contributed by atoms with Gasteiger partial charge >= 0.3 is 0 Å². The zero-order chi connectivity index (χ0) is 26.0. The van der Waals surface area contributed by atoms with E-state index in [0.29, 0.717) is 5.92 Å². The Morgan fingerprint density at radius 1 is 0.865 bits per heavy atom. The van der Waals surface area contributed by atoms with E-state index in [1.807, 2.05) is 18.2 Å². The number of likely N-dealkylation sites (N-methyl/N-ethyl adjacent to an activating group) is 1. The van der Waals surface area contributed by atoms with Crippen LogP contribution in [0.15, 0.2) is 121 Å². The predicted octanol–water partition coefficient (Wildman–Crippen LogP) is 8.46. The van der Waals surface area contributed by atoms with Crippen LogP contribution in [-0.2, 0) is 6.54 Å². The number of allylic oxidation sites excluding steroid dienone is 3. The fraction of sp³-hybridized carbons (Fsp3) is 0.265. The maximum atomic E-state index is 5.33. The van der Waals surface area contributed by atoms with Crippen LogP contribution in [0.2, 0.25) is 0 Å². The van der Waals surface area contributed by atoms with Crippen molar-refractivity contribution in [2.75, 3.05) is 19.0 Å². The second-order valence-electron chi connectivity index (χ2n) is 9.77. The van der Waals surface area contributed by atoms with Gasteiger partial charge in [-0.3, -0.25) is 5.01 Å². The molecule has 3 nitrogen and oxygen atoms in total. The standard InChI is InChI=1S/C34H39N3/c1-5-17-30(6-2)37(4)33-25-16-15-24-32(33)34(28-20-11-8-12-21-28)35-36(3)26-29-22-13-14-23-31(29)27-18-9-7-10-19-27/h5-7,9-10,13-19,22-25,28H,1-2,8,11-12,20-21,26H2,3-4H3/b30-17+,35-34-. The smallest absolute Gasteiger partial charge is 0.0729 e. The SMILES string of the molecule is C=C/C=C(\C=C)N(C)c1ccccc1/C(=N\N(C)Cc1ccccc1-c1ccccc1)C1CCCCC1. The van der Waals surface area contributed by atoms with E-state index >= 15 is 0 Å². The highest BCUT2D eigenvalue weighted by Crippen LogP contribution is 2.33. The molecule has 0 aliphatic heterocycles. The molecule has 190 valence electrons. The van der Waals surface area contributed by atoms with Crippen LogP contribution in [0.4, 0.5) is 5.69 Å². The van der Waals surface area contributed by atoms with E-state index in [1.54, 1.807) is 0 Å². The molecule has 37 heavy (non-hydrogen) atoms. The van der Waals surface area contributed by atoms with Gasteiger partial charge in [-0.2, -0.15) is 5.10 Å². The fourth-order valence-electron chi connectivity index (χ4n) is 5.31. The van der Waals surface area contributed by atoms with Crippen molar-refractivity contribution in [2.24, 2.45) is 11.0 Å². The maximum Gasteiger partial charge on any atom is 0.0729 e. The molecular weight excluding hydrogens is 450 g/mol. The van der Waals surface area contributed by atoms with Gasteiger partial charge in [0.05, 0.1) is 17.9 Å². The van der Waals surface area contributed by atoms with Gasteiger partial charge < -0.3 is 4.90 Å². The van der Waals surface area contributed by atoms with Gasteiger partial charge in [0.2, 0.25) is 0 Å². The highest BCUT2D eigenvalue weighted by molar-refractivity contribution is 6.06. The third-order valence-electron chi connectivity index (χ3n) is 7.20. The van der Waals surface area contributed by atoms with Crippen LogP contribution in [0.3, 0.4) is 0 Å². The van der Waals surface area contributed by atoms with Gasteiger partial charge in [-0.25, -0.2) is 0 Å². The summed E-state index contributed by atoms with van der Waals surface area (Å²) < 4.78 is 0. The minimum absolute atomic E-state index is 0.450. The molecule has 0 spiro atoms. The van der Waals surface area contributed by atoms with Gasteiger partial charge in [0.1, 0.15) is 0 Å². The number of benzene rings is 3. The Morgan fingerprint density at radius 3 is 2.27 bits per heavy atom. The summed E-state index contributed by atoms with van der Waals surface area (Å²) in [6, 6.07) is 27.9. The van der Waals surface area contributed by atoms with Crippen molar-refractivity contribution in [1.82, 2.24) is 5.01 Å². The number of hydrazone groups is 1. The van der Waals surface area contributed by atoms with Gasteiger partial charge in [-0.15, -0.1) is 0 Å². The van der Waals surface area contributed by atoms with Crippen molar-refractivity contribution in [3.8, 4) is 11.1 Å². The average Bonchev–Trinajstić information content (AvgIpc) is 2.95. The van der Waals surface area contributed by atoms with Crippen LogP contribution in [0, 0.1) is 5.92 Å². The van der Waals surface area contributed by atoms with Crippen molar-refractivity contribution in [1.29, 1.82) is 0 Å². The zero-order valence-electron chi connectivity index (χ0n) is 22.3. The molecule has 3 aromatic rings. The number of hydrogen-bond donors (Lipinski definition) is 0. The number of anilines is 1. The van der Waals surface area contributed by atoms with Gasteiger partial charge in [-0.05, 0) is 47.8 Å². The highest BCUT2D eigenvalue weighted by Gasteiger charge is 2.25. The first kappa shape index (κ1) is 26.2. The van der Waals surface area contributed by atoms with Crippen LogP contribution < -0.4 is 4.90 Å². The minimum atomic E-state index is 0.450. The van der Waals surface area contributed by atoms with Crippen LogP contribution in [0.1, 0.15) is 43.2 Å². The van der Waals surface area contributed by atoms with Crippen LogP contribution in [-0.4, -0.2) is 24.8 Å². The van der Waals surface area contributed by atoms with Gasteiger partial charge in [0, 0.05) is 31.3 Å². The van der Waals surface area contributed by atoms with Crippen molar-refractivity contribution >= 4 is 11.4 Å². The fourth-order valence-corrected chi connectivity index (χ4v) is 5.31. The lowest BCUT2D eigenvalue weighted by atomic mass is 9.82. The molecule has 0 unspecified atom stereocenters. The molecule has 3 heteroatoms. The number of hydrogen-bond acceptors (Lipinski definition) is 3. The number of nitrogens with zero attached hydrogens (tertiary/aromatic N) is 3. The quantitative estimate of drug-likeness (QED) is 0.162. The lowest BCUT2D eigenvalue weighted by molar-refractivity contribution is 0.339. The molecule has 0 amide bonds. The first-order valence-electron chi connectivity index (χ1n) is 13.3. The van der Waals surface area contributed by atoms with Crippen LogP contribution in [0.25, 0.3) is 11.1 Å². The lowest BCUT2D eigenvalue weighted by Crippen LogP contribution is -2.26.